The summed E-state index contributed by atoms with van der Waals surface area (Å²) in [7, 11) is 4.08. The van der Waals surface area contributed by atoms with E-state index in [0.717, 1.165) is 48.4 Å². The maximum Gasteiger partial charge on any atom is 0.153 e. The highest BCUT2D eigenvalue weighted by Gasteiger charge is 2.20. The van der Waals surface area contributed by atoms with Crippen LogP contribution in [0.15, 0.2) is 36.5 Å². The Hall–Kier alpha value is -3.02. The van der Waals surface area contributed by atoms with Crippen LogP contribution in [0.2, 0.25) is 0 Å². The number of pyridine rings is 1. The molecule has 36 heavy (non-hydrogen) atoms. The van der Waals surface area contributed by atoms with E-state index in [1.165, 1.54) is 11.3 Å². The van der Waals surface area contributed by atoms with Gasteiger partial charge in [-0.05, 0) is 75.3 Å². The van der Waals surface area contributed by atoms with E-state index in [4.69, 9.17) is 4.98 Å². The summed E-state index contributed by atoms with van der Waals surface area (Å²) >= 11 is 0. The quantitative estimate of drug-likeness (QED) is 0.315. The summed E-state index contributed by atoms with van der Waals surface area (Å²) in [6.45, 7) is 22.4. The van der Waals surface area contributed by atoms with Gasteiger partial charge in [0.2, 0.25) is 0 Å². The standard InChI is InChI=1S/C30H47N5O/c1-12-15-34(10)27-17-26(14-13-20(27)2)35(11)29-25(19-36)16-21(3)28(33-29)32-24(6)23(5)31-22(4)18-30(7,8)9/h13-14,16-17,19,23-24,31H,4,12,15,18H2,1-3,5-11H3,(H,32,33)/t23-,24?/m0/s1. The zero-order chi connectivity index (χ0) is 27.2. The summed E-state index contributed by atoms with van der Waals surface area (Å²) < 4.78 is 0. The zero-order valence-corrected chi connectivity index (χ0v) is 24.1. The maximum absolute atomic E-state index is 12.0. The van der Waals surface area contributed by atoms with Crippen molar-refractivity contribution in [1.82, 2.24) is 10.3 Å². The number of nitrogens with one attached hydrogen (secondary N) is 2. The van der Waals surface area contributed by atoms with Gasteiger partial charge in [-0.15, -0.1) is 0 Å². The maximum atomic E-state index is 12.0. The van der Waals surface area contributed by atoms with E-state index >= 15 is 0 Å². The molecule has 0 amide bonds. The van der Waals surface area contributed by atoms with Crippen molar-refractivity contribution in [2.75, 3.05) is 35.8 Å². The summed E-state index contributed by atoms with van der Waals surface area (Å²) in [5, 5.41) is 7.10. The van der Waals surface area contributed by atoms with Gasteiger partial charge in [-0.2, -0.15) is 0 Å². The lowest BCUT2D eigenvalue weighted by atomic mass is 9.90. The van der Waals surface area contributed by atoms with Gasteiger partial charge in [0.05, 0.1) is 5.56 Å². The minimum absolute atomic E-state index is 0.0989. The van der Waals surface area contributed by atoms with Crippen LogP contribution in [0.4, 0.5) is 23.0 Å². The van der Waals surface area contributed by atoms with Crippen molar-refractivity contribution in [3.05, 3.63) is 53.2 Å². The van der Waals surface area contributed by atoms with E-state index in [1.54, 1.807) is 0 Å². The highest BCUT2D eigenvalue weighted by Crippen LogP contribution is 2.32. The Morgan fingerprint density at radius 3 is 2.36 bits per heavy atom. The summed E-state index contributed by atoms with van der Waals surface area (Å²) in [5.74, 6) is 1.41. The molecule has 1 unspecified atom stereocenters. The molecule has 2 rings (SSSR count). The van der Waals surface area contributed by atoms with E-state index in [9.17, 15) is 4.79 Å². The molecular formula is C30H47N5O. The van der Waals surface area contributed by atoms with Crippen LogP contribution in [-0.2, 0) is 0 Å². The van der Waals surface area contributed by atoms with Gasteiger partial charge in [-0.3, -0.25) is 4.79 Å². The number of rotatable bonds is 12. The van der Waals surface area contributed by atoms with Crippen molar-refractivity contribution >= 4 is 29.3 Å². The second kappa shape index (κ2) is 12.3. The second-order valence-electron chi connectivity index (χ2n) is 11.3. The molecule has 0 fully saturated rings. The predicted octanol–water partition coefficient (Wildman–Crippen LogP) is 6.85. The van der Waals surface area contributed by atoms with E-state index in [-0.39, 0.29) is 17.5 Å². The molecule has 0 aliphatic carbocycles. The molecule has 0 aliphatic rings. The number of carbonyl (C=O) groups excluding carboxylic acids is 1. The van der Waals surface area contributed by atoms with Crippen LogP contribution in [0.3, 0.4) is 0 Å². The van der Waals surface area contributed by atoms with E-state index in [2.05, 4.69) is 95.8 Å². The van der Waals surface area contributed by atoms with Gasteiger partial charge in [0.1, 0.15) is 11.6 Å². The third-order valence-corrected chi connectivity index (χ3v) is 6.51. The first-order chi connectivity index (χ1) is 16.8. The molecule has 0 aliphatic heterocycles. The van der Waals surface area contributed by atoms with Gasteiger partial charge < -0.3 is 20.4 Å². The van der Waals surface area contributed by atoms with Crippen LogP contribution < -0.4 is 20.4 Å². The summed E-state index contributed by atoms with van der Waals surface area (Å²) in [6, 6.07) is 8.54. The van der Waals surface area contributed by atoms with E-state index < -0.39 is 0 Å². The number of hydrogen-bond acceptors (Lipinski definition) is 6. The number of benzene rings is 1. The van der Waals surface area contributed by atoms with Crippen molar-refractivity contribution in [2.24, 2.45) is 5.41 Å². The van der Waals surface area contributed by atoms with Crippen LogP contribution in [0.25, 0.3) is 0 Å². The average Bonchev–Trinajstić information content (AvgIpc) is 2.78. The Balaban J connectivity index is 2.32. The number of aldehydes is 1. The number of nitrogens with zero attached hydrogens (tertiary/aromatic N) is 3. The molecule has 0 saturated heterocycles. The SMILES string of the molecule is C=C(CC(C)(C)C)N[C@@H](C)C(C)Nc1nc(N(C)c2ccc(C)c(N(C)CCC)c2)c(C=O)cc1C. The zero-order valence-electron chi connectivity index (χ0n) is 24.1. The Kier molecular flexibility index (Phi) is 9.97. The minimum Gasteiger partial charge on any atom is -0.384 e. The molecule has 6 nitrogen and oxygen atoms in total. The summed E-state index contributed by atoms with van der Waals surface area (Å²) in [6.07, 6.45) is 2.88. The van der Waals surface area contributed by atoms with Crippen molar-refractivity contribution < 1.29 is 4.79 Å². The lowest BCUT2D eigenvalue weighted by Crippen LogP contribution is -2.40. The van der Waals surface area contributed by atoms with Crippen LogP contribution in [0.5, 0.6) is 0 Å². The predicted molar refractivity (Wildman–Crippen MR) is 156 cm³/mol. The highest BCUT2D eigenvalue weighted by molar-refractivity contribution is 5.86. The lowest BCUT2D eigenvalue weighted by Gasteiger charge is -2.29. The van der Waals surface area contributed by atoms with Crippen LogP contribution in [0.1, 0.15) is 75.9 Å². The van der Waals surface area contributed by atoms with Crippen molar-refractivity contribution in [1.29, 1.82) is 0 Å². The molecule has 198 valence electrons. The largest absolute Gasteiger partial charge is 0.384 e. The van der Waals surface area contributed by atoms with Crippen molar-refractivity contribution in [3.8, 4) is 0 Å². The average molecular weight is 494 g/mol. The van der Waals surface area contributed by atoms with Gasteiger partial charge in [-0.1, -0.05) is 40.3 Å². The first-order valence-corrected chi connectivity index (χ1v) is 13.0. The third kappa shape index (κ3) is 7.74. The molecule has 2 atom stereocenters. The van der Waals surface area contributed by atoms with Crippen molar-refractivity contribution in [2.45, 2.75) is 80.3 Å². The number of aryl methyl sites for hydroxylation is 2. The molecule has 1 heterocycles. The van der Waals surface area contributed by atoms with E-state index in [1.807, 2.05) is 24.9 Å². The molecule has 2 aromatic rings. The molecule has 0 bridgehead atoms. The fraction of sp³-hybridized carbons (Fsp3) is 0.533. The number of hydrogen-bond donors (Lipinski definition) is 2. The number of aromatic nitrogens is 1. The molecular weight excluding hydrogens is 446 g/mol. The van der Waals surface area contributed by atoms with Gasteiger partial charge in [0.25, 0.3) is 0 Å². The Morgan fingerprint density at radius 1 is 1.11 bits per heavy atom. The third-order valence-electron chi connectivity index (χ3n) is 6.51. The molecule has 0 saturated carbocycles. The Bertz CT molecular complexity index is 1060. The van der Waals surface area contributed by atoms with Gasteiger partial charge >= 0.3 is 0 Å². The van der Waals surface area contributed by atoms with E-state index in [0.29, 0.717) is 11.4 Å². The number of carbonyl (C=O) groups is 1. The Morgan fingerprint density at radius 2 is 1.78 bits per heavy atom. The Labute approximate surface area is 219 Å². The first kappa shape index (κ1) is 29.2. The lowest BCUT2D eigenvalue weighted by molar-refractivity contribution is 0.112. The number of allylic oxidation sites excluding steroid dienone is 1. The van der Waals surface area contributed by atoms with Crippen LogP contribution >= 0.6 is 0 Å². The van der Waals surface area contributed by atoms with Crippen molar-refractivity contribution in [3.63, 3.8) is 0 Å². The van der Waals surface area contributed by atoms with Crippen LogP contribution in [-0.4, -0.2) is 44.0 Å². The summed E-state index contributed by atoms with van der Waals surface area (Å²) in [4.78, 5) is 21.2. The molecule has 0 radical (unpaired) electrons. The second-order valence-corrected chi connectivity index (χ2v) is 11.3. The fourth-order valence-corrected chi connectivity index (χ4v) is 4.40. The molecule has 2 N–H and O–H groups in total. The normalized spacial score (nSPS) is 13.1. The monoisotopic (exact) mass is 493 g/mol. The van der Waals surface area contributed by atoms with Gasteiger partial charge in [0.15, 0.2) is 6.29 Å². The fourth-order valence-electron chi connectivity index (χ4n) is 4.40. The highest BCUT2D eigenvalue weighted by atomic mass is 16.1. The summed E-state index contributed by atoms with van der Waals surface area (Å²) in [5.41, 5.74) is 6.13. The van der Waals surface area contributed by atoms with Gasteiger partial charge in [0, 0.05) is 49.8 Å². The van der Waals surface area contributed by atoms with Gasteiger partial charge in [-0.25, -0.2) is 4.98 Å². The first-order valence-electron chi connectivity index (χ1n) is 13.0. The molecule has 1 aromatic carbocycles. The molecule has 1 aromatic heterocycles. The minimum atomic E-state index is 0.0989. The van der Waals surface area contributed by atoms with Crippen LogP contribution in [0, 0.1) is 19.3 Å². The molecule has 0 spiro atoms. The smallest absolute Gasteiger partial charge is 0.153 e. The topological polar surface area (TPSA) is 60.5 Å². The molecule has 6 heteroatoms. The number of anilines is 4.